The molecule has 2 unspecified atom stereocenters. The number of H-pyrrole nitrogens is 1. The van der Waals surface area contributed by atoms with Gasteiger partial charge in [-0.1, -0.05) is 23.9 Å². The summed E-state index contributed by atoms with van der Waals surface area (Å²) in [4.78, 5) is 44.7. The van der Waals surface area contributed by atoms with E-state index in [0.717, 1.165) is 22.8 Å². The number of carbonyl (C=O) groups excluding carboxylic acids is 3. The monoisotopic (exact) mass is 408 g/mol. The van der Waals surface area contributed by atoms with Crippen LogP contribution in [0, 0.1) is 5.92 Å². The smallest absolute Gasteiger partial charge is 0.320 e. The molecule has 8 nitrogen and oxygen atoms in total. The van der Waals surface area contributed by atoms with Crippen LogP contribution >= 0.6 is 11.8 Å². The number of esters is 3. The maximum absolute atomic E-state index is 12.6. The Morgan fingerprint density at radius 1 is 1.00 bits per heavy atom. The summed E-state index contributed by atoms with van der Waals surface area (Å²) in [5.74, 6) is -2.91. The Kier molecular flexibility index (Phi) is 8.31. The molecule has 0 aliphatic carbocycles. The fourth-order valence-electron chi connectivity index (χ4n) is 2.59. The van der Waals surface area contributed by atoms with Crippen LogP contribution in [-0.4, -0.2) is 52.9 Å². The summed E-state index contributed by atoms with van der Waals surface area (Å²) in [6, 6.07) is 7.40. The van der Waals surface area contributed by atoms with Crippen LogP contribution in [0.1, 0.15) is 27.2 Å². The number of thioether (sulfide) groups is 1. The van der Waals surface area contributed by atoms with E-state index in [1.807, 2.05) is 24.3 Å². The van der Waals surface area contributed by atoms with E-state index in [1.54, 1.807) is 20.8 Å². The van der Waals surface area contributed by atoms with Gasteiger partial charge in [0.25, 0.3) is 0 Å². The first kappa shape index (κ1) is 21.7. The zero-order valence-corrected chi connectivity index (χ0v) is 16.9. The summed E-state index contributed by atoms with van der Waals surface area (Å²) in [7, 11) is 0. The van der Waals surface area contributed by atoms with Gasteiger partial charge in [0, 0.05) is 0 Å². The molecular weight excluding hydrogens is 384 g/mol. The molecule has 0 radical (unpaired) electrons. The summed E-state index contributed by atoms with van der Waals surface area (Å²) in [6.45, 7) is 5.45. The van der Waals surface area contributed by atoms with Crippen molar-refractivity contribution in [3.8, 4) is 0 Å². The molecule has 2 rings (SSSR count). The van der Waals surface area contributed by atoms with E-state index in [-0.39, 0.29) is 26.2 Å². The summed E-state index contributed by atoms with van der Waals surface area (Å²) < 4.78 is 15.2. The van der Waals surface area contributed by atoms with Gasteiger partial charge in [-0.3, -0.25) is 14.4 Å². The van der Waals surface area contributed by atoms with Gasteiger partial charge in [-0.05, 0) is 32.9 Å². The Hall–Kier alpha value is -2.55. The third kappa shape index (κ3) is 5.72. The topological polar surface area (TPSA) is 108 Å². The predicted molar refractivity (Wildman–Crippen MR) is 104 cm³/mol. The molecule has 2 atom stereocenters. The number of hydrogen-bond donors (Lipinski definition) is 1. The van der Waals surface area contributed by atoms with Crippen LogP contribution in [0.15, 0.2) is 29.4 Å². The van der Waals surface area contributed by atoms with E-state index < -0.39 is 29.1 Å². The van der Waals surface area contributed by atoms with Crippen LogP contribution in [-0.2, 0) is 28.6 Å². The zero-order valence-electron chi connectivity index (χ0n) is 16.1. The van der Waals surface area contributed by atoms with Gasteiger partial charge >= 0.3 is 17.9 Å². The fourth-order valence-corrected chi connectivity index (χ4v) is 3.68. The van der Waals surface area contributed by atoms with Gasteiger partial charge in [-0.2, -0.15) is 0 Å². The highest BCUT2D eigenvalue weighted by atomic mass is 32.2. The molecule has 0 saturated carbocycles. The number of fused-ring (bicyclic) bond motifs is 1. The fraction of sp³-hybridized carbons (Fsp3) is 0.474. The average molecular weight is 408 g/mol. The quantitative estimate of drug-likeness (QED) is 0.363. The number of aromatic amines is 1. The van der Waals surface area contributed by atoms with Crippen molar-refractivity contribution < 1.29 is 28.6 Å². The number of ether oxygens (including phenoxy) is 3. The highest BCUT2D eigenvalue weighted by molar-refractivity contribution is 8.00. The van der Waals surface area contributed by atoms with Crippen molar-refractivity contribution in [2.75, 3.05) is 19.8 Å². The van der Waals surface area contributed by atoms with E-state index in [9.17, 15) is 14.4 Å². The van der Waals surface area contributed by atoms with Gasteiger partial charge in [0.15, 0.2) is 5.16 Å². The molecule has 2 aromatic rings. The molecule has 0 aliphatic heterocycles. The first-order valence-corrected chi connectivity index (χ1v) is 9.98. The lowest BCUT2D eigenvalue weighted by Gasteiger charge is -2.22. The Labute approximate surface area is 167 Å². The lowest BCUT2D eigenvalue weighted by atomic mass is 10.0. The minimum absolute atomic E-state index is 0.128. The van der Waals surface area contributed by atoms with E-state index in [4.69, 9.17) is 14.2 Å². The molecule has 0 fully saturated rings. The molecule has 0 spiro atoms. The number of nitrogens with zero attached hydrogens (tertiary/aromatic N) is 1. The number of benzene rings is 1. The first-order valence-electron chi connectivity index (χ1n) is 9.10. The van der Waals surface area contributed by atoms with Crippen molar-refractivity contribution in [2.45, 2.75) is 37.6 Å². The highest BCUT2D eigenvalue weighted by Gasteiger charge is 2.39. The van der Waals surface area contributed by atoms with Crippen molar-refractivity contribution in [1.29, 1.82) is 0 Å². The number of hydrogen-bond acceptors (Lipinski definition) is 8. The molecule has 9 heteroatoms. The number of nitrogens with one attached hydrogen (secondary N) is 1. The van der Waals surface area contributed by atoms with Gasteiger partial charge in [0.1, 0.15) is 5.25 Å². The average Bonchev–Trinajstić information content (AvgIpc) is 3.07. The van der Waals surface area contributed by atoms with E-state index in [2.05, 4.69) is 9.97 Å². The van der Waals surface area contributed by atoms with Gasteiger partial charge < -0.3 is 19.2 Å². The molecule has 0 saturated heterocycles. The second-order valence-corrected chi connectivity index (χ2v) is 6.85. The molecular formula is C19H24N2O6S. The summed E-state index contributed by atoms with van der Waals surface area (Å²) in [6.07, 6.45) is -0.288. The minimum atomic E-state index is -1.06. The summed E-state index contributed by atoms with van der Waals surface area (Å²) in [5, 5.41) is -0.568. The van der Waals surface area contributed by atoms with Crippen molar-refractivity contribution in [2.24, 2.45) is 5.92 Å². The van der Waals surface area contributed by atoms with E-state index in [1.165, 1.54) is 0 Å². The number of aromatic nitrogens is 2. The highest BCUT2D eigenvalue weighted by Crippen LogP contribution is 2.31. The molecule has 0 amide bonds. The number of para-hydroxylation sites is 2. The molecule has 28 heavy (non-hydrogen) atoms. The molecule has 152 valence electrons. The lowest BCUT2D eigenvalue weighted by molar-refractivity contribution is -0.158. The van der Waals surface area contributed by atoms with Crippen LogP contribution in [0.5, 0.6) is 0 Å². The predicted octanol–water partition coefficient (Wildman–Crippen LogP) is 2.72. The largest absolute Gasteiger partial charge is 0.466 e. The van der Waals surface area contributed by atoms with Crippen LogP contribution < -0.4 is 0 Å². The van der Waals surface area contributed by atoms with Gasteiger partial charge in [-0.15, -0.1) is 0 Å². The number of carbonyl (C=O) groups is 3. The molecule has 0 bridgehead atoms. The van der Waals surface area contributed by atoms with Gasteiger partial charge in [-0.25, -0.2) is 4.98 Å². The Morgan fingerprint density at radius 2 is 1.64 bits per heavy atom. The SMILES string of the molecule is CCOC(=O)CC(C(=O)OCC)C(Sc1nc2ccccc2[nH]1)C(=O)OCC. The molecule has 1 N–H and O–H groups in total. The van der Waals surface area contributed by atoms with E-state index >= 15 is 0 Å². The van der Waals surface area contributed by atoms with Crippen molar-refractivity contribution in [3.63, 3.8) is 0 Å². The number of imidazole rings is 1. The summed E-state index contributed by atoms with van der Waals surface area (Å²) >= 11 is 1.04. The minimum Gasteiger partial charge on any atom is -0.466 e. The lowest BCUT2D eigenvalue weighted by Crippen LogP contribution is -2.37. The molecule has 1 aromatic heterocycles. The maximum Gasteiger partial charge on any atom is 0.320 e. The third-order valence-corrected chi connectivity index (χ3v) is 4.96. The number of rotatable bonds is 10. The normalized spacial score (nSPS) is 13.0. The molecule has 1 heterocycles. The maximum atomic E-state index is 12.6. The van der Waals surface area contributed by atoms with Crippen LogP contribution in [0.4, 0.5) is 0 Å². The van der Waals surface area contributed by atoms with Crippen LogP contribution in [0.3, 0.4) is 0 Å². The van der Waals surface area contributed by atoms with Crippen LogP contribution in [0.2, 0.25) is 0 Å². The van der Waals surface area contributed by atoms with Crippen molar-refractivity contribution in [1.82, 2.24) is 9.97 Å². The first-order chi connectivity index (χ1) is 13.5. The zero-order chi connectivity index (χ0) is 20.5. The van der Waals surface area contributed by atoms with Gasteiger partial charge in [0.05, 0.1) is 43.2 Å². The second kappa shape index (κ2) is 10.7. The summed E-state index contributed by atoms with van der Waals surface area (Å²) in [5.41, 5.74) is 1.52. The van der Waals surface area contributed by atoms with Crippen LogP contribution in [0.25, 0.3) is 11.0 Å². The van der Waals surface area contributed by atoms with Crippen molar-refractivity contribution >= 4 is 40.7 Å². The standard InChI is InChI=1S/C19H24N2O6S/c1-4-25-15(22)11-12(17(23)26-5-2)16(18(24)27-6-3)28-19-20-13-9-7-8-10-14(13)21-19/h7-10,12,16H,4-6,11H2,1-3H3,(H,20,21). The Bertz CT molecular complexity index is 789. The Balaban J connectivity index is 2.33. The van der Waals surface area contributed by atoms with Crippen molar-refractivity contribution in [3.05, 3.63) is 24.3 Å². The molecule has 1 aromatic carbocycles. The Morgan fingerprint density at radius 3 is 2.29 bits per heavy atom. The third-order valence-electron chi connectivity index (χ3n) is 3.77. The van der Waals surface area contributed by atoms with Gasteiger partial charge in [0.2, 0.25) is 0 Å². The molecule has 0 aliphatic rings. The van der Waals surface area contributed by atoms with E-state index in [0.29, 0.717) is 5.16 Å². The second-order valence-electron chi connectivity index (χ2n) is 5.72.